The van der Waals surface area contributed by atoms with Crippen LogP contribution in [0.2, 0.25) is 0 Å². The second kappa shape index (κ2) is 4.55. The van der Waals surface area contributed by atoms with Crippen LogP contribution in [0.15, 0.2) is 41.3 Å². The van der Waals surface area contributed by atoms with Crippen LogP contribution in [-0.2, 0) is 14.8 Å². The summed E-state index contributed by atoms with van der Waals surface area (Å²) >= 11 is 0. The van der Waals surface area contributed by atoms with Crippen LogP contribution in [0, 0.1) is 11.8 Å². The van der Waals surface area contributed by atoms with Crippen LogP contribution >= 0.6 is 0 Å². The number of nitrogens with one attached hydrogen (secondary N) is 1. The SMILES string of the molecule is CC12C=CC(O1)[C@H]1CN(c3ccc(S(=O)(=O)NN)cc3)C[C@H]12. The van der Waals surface area contributed by atoms with Crippen LogP contribution in [0.1, 0.15) is 6.92 Å². The first-order valence-electron chi connectivity index (χ1n) is 7.37. The van der Waals surface area contributed by atoms with Crippen LogP contribution in [0.4, 0.5) is 5.69 Å². The highest BCUT2D eigenvalue weighted by Crippen LogP contribution is 2.50. The lowest BCUT2D eigenvalue weighted by Crippen LogP contribution is -2.33. The van der Waals surface area contributed by atoms with Crippen molar-refractivity contribution in [1.29, 1.82) is 0 Å². The van der Waals surface area contributed by atoms with Gasteiger partial charge in [0.15, 0.2) is 0 Å². The molecule has 1 aromatic rings. The fourth-order valence-corrected chi connectivity index (χ4v) is 4.61. The van der Waals surface area contributed by atoms with Gasteiger partial charge >= 0.3 is 0 Å². The number of nitrogens with zero attached hydrogens (tertiary/aromatic N) is 1. The number of rotatable bonds is 3. The fourth-order valence-electron chi connectivity index (χ4n) is 3.98. The molecule has 0 aromatic heterocycles. The molecule has 0 saturated carbocycles. The average molecular weight is 321 g/mol. The first kappa shape index (κ1) is 14.2. The number of fused-ring (bicyclic) bond motifs is 5. The lowest BCUT2D eigenvalue weighted by molar-refractivity contribution is 0.0256. The Bertz CT molecular complexity index is 731. The molecule has 4 rings (SSSR count). The Balaban J connectivity index is 1.56. The maximum Gasteiger partial charge on any atom is 0.253 e. The third kappa shape index (κ3) is 1.93. The minimum atomic E-state index is -3.59. The van der Waals surface area contributed by atoms with Gasteiger partial charge in [-0.3, -0.25) is 5.84 Å². The molecule has 3 heterocycles. The van der Waals surface area contributed by atoms with Crippen molar-refractivity contribution in [3.05, 3.63) is 36.4 Å². The Hall–Kier alpha value is -1.41. The van der Waals surface area contributed by atoms with Crippen LogP contribution in [0.25, 0.3) is 0 Å². The van der Waals surface area contributed by atoms with E-state index < -0.39 is 10.0 Å². The van der Waals surface area contributed by atoms with Gasteiger partial charge in [0.1, 0.15) is 0 Å². The van der Waals surface area contributed by atoms with Crippen molar-refractivity contribution >= 4 is 15.7 Å². The van der Waals surface area contributed by atoms with Gasteiger partial charge < -0.3 is 9.64 Å². The van der Waals surface area contributed by atoms with E-state index >= 15 is 0 Å². The molecule has 2 unspecified atom stereocenters. The number of sulfonamides is 1. The third-order valence-electron chi connectivity index (χ3n) is 5.20. The molecular weight excluding hydrogens is 302 g/mol. The minimum absolute atomic E-state index is 0.142. The van der Waals surface area contributed by atoms with Crippen molar-refractivity contribution in [2.75, 3.05) is 18.0 Å². The van der Waals surface area contributed by atoms with Gasteiger partial charge in [0.25, 0.3) is 10.0 Å². The molecule has 7 heteroatoms. The second-order valence-corrected chi connectivity index (χ2v) is 8.13. The number of anilines is 1. The van der Waals surface area contributed by atoms with Gasteiger partial charge in [0, 0.05) is 30.6 Å². The zero-order valence-corrected chi connectivity index (χ0v) is 13.1. The molecule has 22 heavy (non-hydrogen) atoms. The Morgan fingerprint density at radius 2 is 2.05 bits per heavy atom. The van der Waals surface area contributed by atoms with Crippen molar-refractivity contribution < 1.29 is 13.2 Å². The highest BCUT2D eigenvalue weighted by Gasteiger charge is 2.57. The van der Waals surface area contributed by atoms with Gasteiger partial charge in [-0.05, 0) is 31.2 Å². The number of hydrogen-bond donors (Lipinski definition) is 2. The predicted octanol–water partition coefficient (Wildman–Crippen LogP) is 0.618. The predicted molar refractivity (Wildman–Crippen MR) is 82.6 cm³/mol. The summed E-state index contributed by atoms with van der Waals surface area (Å²) in [5, 5.41) is 0. The van der Waals surface area contributed by atoms with Crippen molar-refractivity contribution in [1.82, 2.24) is 4.83 Å². The highest BCUT2D eigenvalue weighted by atomic mass is 32.2. The molecule has 3 aliphatic rings. The van der Waals surface area contributed by atoms with E-state index in [9.17, 15) is 8.42 Å². The summed E-state index contributed by atoms with van der Waals surface area (Å²) in [5.74, 6) is 6.06. The highest BCUT2D eigenvalue weighted by molar-refractivity contribution is 7.89. The molecule has 2 bridgehead atoms. The Morgan fingerprint density at radius 3 is 2.68 bits per heavy atom. The number of nitrogens with two attached hydrogens (primary N) is 1. The number of benzene rings is 1. The molecule has 4 atom stereocenters. The topological polar surface area (TPSA) is 84.7 Å². The van der Waals surface area contributed by atoms with Gasteiger partial charge in [-0.2, -0.15) is 4.83 Å². The van der Waals surface area contributed by atoms with E-state index in [0.29, 0.717) is 11.8 Å². The van der Waals surface area contributed by atoms with Gasteiger partial charge in [-0.25, -0.2) is 8.42 Å². The summed E-state index contributed by atoms with van der Waals surface area (Å²) in [6.07, 6.45) is 4.58. The first-order chi connectivity index (χ1) is 10.4. The molecule has 0 aliphatic carbocycles. The van der Waals surface area contributed by atoms with Crippen molar-refractivity contribution in [3.8, 4) is 0 Å². The molecule has 2 fully saturated rings. The van der Waals surface area contributed by atoms with Gasteiger partial charge in [-0.1, -0.05) is 12.2 Å². The number of ether oxygens (including phenoxy) is 1. The smallest absolute Gasteiger partial charge is 0.253 e. The Labute approximate surface area is 130 Å². The zero-order chi connectivity index (χ0) is 15.5. The van der Waals surface area contributed by atoms with Gasteiger partial charge in [-0.15, -0.1) is 0 Å². The summed E-state index contributed by atoms with van der Waals surface area (Å²) in [5.41, 5.74) is 0.893. The summed E-state index contributed by atoms with van der Waals surface area (Å²) in [4.78, 5) is 4.32. The summed E-state index contributed by atoms with van der Waals surface area (Å²) in [6, 6.07) is 6.85. The minimum Gasteiger partial charge on any atom is -0.371 e. The molecule has 0 amide bonds. The molecule has 118 valence electrons. The normalized spacial score (nSPS) is 36.1. The molecule has 6 nitrogen and oxygen atoms in total. The van der Waals surface area contributed by atoms with Crippen LogP contribution < -0.4 is 15.6 Å². The molecule has 2 saturated heterocycles. The van der Waals surface area contributed by atoms with Crippen LogP contribution in [0.3, 0.4) is 0 Å². The zero-order valence-electron chi connectivity index (χ0n) is 12.3. The van der Waals surface area contributed by atoms with E-state index in [4.69, 9.17) is 10.6 Å². The number of hydrazine groups is 1. The first-order valence-corrected chi connectivity index (χ1v) is 8.86. The fraction of sp³-hybridized carbons (Fsp3) is 0.467. The second-order valence-electron chi connectivity index (χ2n) is 6.42. The van der Waals surface area contributed by atoms with Crippen molar-refractivity contribution in [2.45, 2.75) is 23.5 Å². The van der Waals surface area contributed by atoms with Crippen molar-refractivity contribution in [2.24, 2.45) is 17.7 Å². The third-order valence-corrected chi connectivity index (χ3v) is 6.40. The van der Waals surface area contributed by atoms with E-state index in [1.807, 2.05) is 17.0 Å². The van der Waals surface area contributed by atoms with E-state index in [-0.39, 0.29) is 16.6 Å². The summed E-state index contributed by atoms with van der Waals surface area (Å²) < 4.78 is 29.4. The van der Waals surface area contributed by atoms with E-state index in [2.05, 4.69) is 24.0 Å². The molecule has 1 aromatic carbocycles. The summed E-state index contributed by atoms with van der Waals surface area (Å²) in [6.45, 7) is 4.03. The van der Waals surface area contributed by atoms with E-state index in [1.165, 1.54) is 0 Å². The standard InChI is InChI=1S/C15H19N3O3S/c1-15-7-6-14(21-15)12-8-18(9-13(12)15)10-2-4-11(5-3-10)22(19,20)17-16/h2-7,12-14,17H,8-9,16H2,1H3/t12-,13+,14?,15?/m0/s1. The molecule has 3 aliphatic heterocycles. The van der Waals surface area contributed by atoms with Gasteiger partial charge in [0.05, 0.1) is 16.6 Å². The molecule has 3 N–H and O–H groups in total. The van der Waals surface area contributed by atoms with Crippen molar-refractivity contribution in [3.63, 3.8) is 0 Å². The van der Waals surface area contributed by atoms with Crippen LogP contribution in [0.5, 0.6) is 0 Å². The van der Waals surface area contributed by atoms with Gasteiger partial charge in [0.2, 0.25) is 0 Å². The maximum atomic E-state index is 11.7. The largest absolute Gasteiger partial charge is 0.371 e. The van der Waals surface area contributed by atoms with Crippen LogP contribution in [-0.4, -0.2) is 33.2 Å². The van der Waals surface area contributed by atoms with E-state index in [1.54, 1.807) is 12.1 Å². The maximum absolute atomic E-state index is 11.7. The molecule has 0 spiro atoms. The summed E-state index contributed by atoms with van der Waals surface area (Å²) in [7, 11) is -3.59. The molecular formula is C15H19N3O3S. The monoisotopic (exact) mass is 321 g/mol. The Kier molecular flexibility index (Phi) is 2.93. The average Bonchev–Trinajstić information content (AvgIpc) is 3.17. The Morgan fingerprint density at radius 1 is 1.32 bits per heavy atom. The lowest BCUT2D eigenvalue weighted by atomic mass is 9.79. The lowest BCUT2D eigenvalue weighted by Gasteiger charge is -2.26. The van der Waals surface area contributed by atoms with E-state index in [0.717, 1.165) is 18.8 Å². The quantitative estimate of drug-likeness (QED) is 0.484. The molecule has 0 radical (unpaired) electrons. The number of hydrogen-bond acceptors (Lipinski definition) is 5.